The van der Waals surface area contributed by atoms with Gasteiger partial charge < -0.3 is 20.1 Å². The van der Waals surface area contributed by atoms with Gasteiger partial charge in [-0.25, -0.2) is 23.6 Å². The molecule has 0 aliphatic heterocycles. The number of aromatic nitrogens is 6. The summed E-state index contributed by atoms with van der Waals surface area (Å²) < 4.78 is 39.6. The number of urea groups is 1. The number of hydrogen-bond acceptors (Lipinski definition) is 11. The SMILES string of the molecule is COc1cc(NS(=O)(=O)c2ccc(Nc3nc4c(-c5ccc(Cl)cc5)n[nH]c4c(=O)n3NC(=O)Nc3ccccc3)cc2)nc(OC)n1. The fourth-order valence-electron chi connectivity index (χ4n) is 4.43. The zero-order valence-electron chi connectivity index (χ0n) is 25.1. The average Bonchev–Trinajstić information content (AvgIpc) is 3.51. The number of carbonyl (C=O) groups is 1. The van der Waals surface area contributed by atoms with E-state index in [1.54, 1.807) is 54.6 Å². The second-order valence-electron chi connectivity index (χ2n) is 9.85. The maximum absolute atomic E-state index is 13.7. The Kier molecular flexibility index (Phi) is 8.78. The molecule has 0 aliphatic rings. The van der Waals surface area contributed by atoms with Crippen molar-refractivity contribution in [2.24, 2.45) is 0 Å². The highest BCUT2D eigenvalue weighted by molar-refractivity contribution is 7.92. The molecule has 0 saturated heterocycles. The predicted octanol–water partition coefficient (Wildman–Crippen LogP) is 4.57. The van der Waals surface area contributed by atoms with Gasteiger partial charge in [-0.2, -0.15) is 19.7 Å². The molecule has 5 N–H and O–H groups in total. The number of sulfonamides is 1. The molecule has 3 heterocycles. The first-order valence-electron chi connectivity index (χ1n) is 13.9. The van der Waals surface area contributed by atoms with E-state index in [-0.39, 0.29) is 39.6 Å². The number of carbonyl (C=O) groups excluding carboxylic acids is 1. The molecule has 2 amide bonds. The third-order valence-electron chi connectivity index (χ3n) is 6.68. The van der Waals surface area contributed by atoms with Gasteiger partial charge in [0.15, 0.2) is 11.3 Å². The third-order valence-corrected chi connectivity index (χ3v) is 8.31. The van der Waals surface area contributed by atoms with Gasteiger partial charge in [0, 0.05) is 28.0 Å². The normalized spacial score (nSPS) is 11.1. The number of methoxy groups -OCH3 is 2. The van der Waals surface area contributed by atoms with E-state index in [0.717, 1.165) is 4.68 Å². The topological polar surface area (TPSA) is 207 Å². The fourth-order valence-corrected chi connectivity index (χ4v) is 5.55. The summed E-state index contributed by atoms with van der Waals surface area (Å²) in [4.78, 5) is 39.1. The molecule has 3 aromatic heterocycles. The molecule has 0 saturated carbocycles. The molecule has 0 spiro atoms. The third kappa shape index (κ3) is 6.81. The van der Waals surface area contributed by atoms with Crippen LogP contribution in [-0.4, -0.2) is 58.5 Å². The van der Waals surface area contributed by atoms with Gasteiger partial charge in [0.1, 0.15) is 11.2 Å². The lowest BCUT2D eigenvalue weighted by molar-refractivity contribution is 0.259. The molecule has 0 unspecified atom stereocenters. The lowest BCUT2D eigenvalue weighted by Gasteiger charge is -2.16. The summed E-state index contributed by atoms with van der Waals surface area (Å²) in [6.07, 6.45) is 0. The first-order valence-corrected chi connectivity index (χ1v) is 15.8. The van der Waals surface area contributed by atoms with Crippen LogP contribution in [-0.2, 0) is 10.0 Å². The van der Waals surface area contributed by atoms with Crippen LogP contribution in [0.15, 0.2) is 94.6 Å². The number of hydrogen-bond donors (Lipinski definition) is 5. The predicted molar refractivity (Wildman–Crippen MR) is 179 cm³/mol. The zero-order valence-corrected chi connectivity index (χ0v) is 26.6. The molecule has 16 nitrogen and oxygen atoms in total. The number of para-hydroxylation sites is 1. The van der Waals surface area contributed by atoms with Gasteiger partial charge in [0.25, 0.3) is 15.6 Å². The fraction of sp³-hybridized carbons (Fsp3) is 0.0667. The Morgan fingerprint density at radius 3 is 2.31 bits per heavy atom. The van der Waals surface area contributed by atoms with Crippen LogP contribution in [0, 0.1) is 0 Å². The molecule has 0 atom stereocenters. The van der Waals surface area contributed by atoms with Crippen LogP contribution in [0.3, 0.4) is 0 Å². The number of anilines is 4. The summed E-state index contributed by atoms with van der Waals surface area (Å²) in [6, 6.07) is 21.5. The second-order valence-corrected chi connectivity index (χ2v) is 12.0. The zero-order chi connectivity index (χ0) is 33.8. The molecule has 18 heteroatoms. The number of nitrogens with zero attached hydrogens (tertiary/aromatic N) is 5. The van der Waals surface area contributed by atoms with Crippen LogP contribution in [0.5, 0.6) is 11.9 Å². The standard InChI is InChI=1S/C30H25ClN10O6S/c1-46-23-16-22(34-30(35-23)47-2)40-48(44,45)21-14-12-20(13-15-21)32-28-36-25-24(17-8-10-18(31)11-9-17)37-38-26(25)27(42)41(28)39-29(43)33-19-6-4-3-5-7-19/h3-16H,1-2H3,(H,32,36)(H,37,38)(H2,33,39,43)(H,34,35,40). The van der Waals surface area contributed by atoms with Crippen molar-refractivity contribution in [3.05, 3.63) is 100 Å². The van der Waals surface area contributed by atoms with E-state index < -0.39 is 21.6 Å². The average molecular weight is 689 g/mol. The number of aromatic amines is 1. The van der Waals surface area contributed by atoms with Crippen molar-refractivity contribution in [2.75, 3.05) is 35.0 Å². The Hall–Kier alpha value is -6.20. The maximum Gasteiger partial charge on any atom is 0.338 e. The van der Waals surface area contributed by atoms with Crippen molar-refractivity contribution in [3.63, 3.8) is 0 Å². The van der Waals surface area contributed by atoms with E-state index in [9.17, 15) is 18.0 Å². The monoisotopic (exact) mass is 688 g/mol. The van der Waals surface area contributed by atoms with Gasteiger partial charge >= 0.3 is 12.0 Å². The van der Waals surface area contributed by atoms with E-state index in [1.165, 1.54) is 44.6 Å². The summed E-state index contributed by atoms with van der Waals surface area (Å²) in [5, 5.41) is 13.1. The molecular formula is C30H25ClN10O6S. The number of halogens is 1. The van der Waals surface area contributed by atoms with Crippen molar-refractivity contribution in [1.29, 1.82) is 0 Å². The molecule has 0 aliphatic carbocycles. The quantitative estimate of drug-likeness (QED) is 0.135. The van der Waals surface area contributed by atoms with Crippen LogP contribution in [0.1, 0.15) is 0 Å². The number of nitrogens with one attached hydrogen (secondary N) is 5. The number of fused-ring (bicyclic) bond motifs is 1. The Bertz CT molecular complexity index is 2260. The van der Waals surface area contributed by atoms with E-state index in [2.05, 4.69) is 45.9 Å². The van der Waals surface area contributed by atoms with Gasteiger partial charge in [0.05, 0.1) is 19.1 Å². The second kappa shape index (κ2) is 13.3. The lowest BCUT2D eigenvalue weighted by atomic mass is 10.1. The largest absolute Gasteiger partial charge is 0.481 e. The number of amides is 2. The summed E-state index contributed by atoms with van der Waals surface area (Å²) in [7, 11) is -1.41. The van der Waals surface area contributed by atoms with Gasteiger partial charge in [-0.05, 0) is 48.5 Å². The van der Waals surface area contributed by atoms with E-state index in [4.69, 9.17) is 21.1 Å². The number of ether oxygens (including phenoxy) is 2. The minimum atomic E-state index is -4.11. The van der Waals surface area contributed by atoms with Crippen molar-refractivity contribution < 1.29 is 22.7 Å². The van der Waals surface area contributed by atoms with Crippen LogP contribution in [0.2, 0.25) is 5.02 Å². The highest BCUT2D eigenvalue weighted by Crippen LogP contribution is 2.27. The van der Waals surface area contributed by atoms with E-state index in [0.29, 0.717) is 27.7 Å². The molecular weight excluding hydrogens is 664 g/mol. The first kappa shape index (κ1) is 31.8. The van der Waals surface area contributed by atoms with Gasteiger partial charge in [-0.1, -0.05) is 41.9 Å². The number of benzene rings is 3. The van der Waals surface area contributed by atoms with Crippen molar-refractivity contribution in [3.8, 4) is 23.1 Å². The highest BCUT2D eigenvalue weighted by atomic mass is 35.5. The molecule has 0 fully saturated rings. The summed E-state index contributed by atoms with van der Waals surface area (Å²) in [5.74, 6) is -0.0716. The highest BCUT2D eigenvalue weighted by Gasteiger charge is 2.21. The summed E-state index contributed by atoms with van der Waals surface area (Å²) >= 11 is 6.05. The Labute approximate surface area is 277 Å². The minimum Gasteiger partial charge on any atom is -0.481 e. The van der Waals surface area contributed by atoms with Gasteiger partial charge in [-0.15, -0.1) is 0 Å². The van der Waals surface area contributed by atoms with Crippen molar-refractivity contribution >= 4 is 61.8 Å². The molecule has 244 valence electrons. The molecule has 0 bridgehead atoms. The molecule has 48 heavy (non-hydrogen) atoms. The Morgan fingerprint density at radius 1 is 0.896 bits per heavy atom. The Morgan fingerprint density at radius 2 is 1.62 bits per heavy atom. The van der Waals surface area contributed by atoms with Crippen molar-refractivity contribution in [1.82, 2.24) is 29.8 Å². The van der Waals surface area contributed by atoms with Crippen LogP contribution >= 0.6 is 11.6 Å². The molecule has 6 aromatic rings. The van der Waals surface area contributed by atoms with Crippen LogP contribution in [0.25, 0.3) is 22.3 Å². The first-order chi connectivity index (χ1) is 23.1. The summed E-state index contributed by atoms with van der Waals surface area (Å²) in [5.41, 5.74) is 3.90. The van der Waals surface area contributed by atoms with Gasteiger partial charge in [-0.3, -0.25) is 14.6 Å². The lowest BCUT2D eigenvalue weighted by Crippen LogP contribution is -2.37. The van der Waals surface area contributed by atoms with Gasteiger partial charge in [0.2, 0.25) is 11.8 Å². The van der Waals surface area contributed by atoms with E-state index in [1.807, 2.05) is 0 Å². The smallest absolute Gasteiger partial charge is 0.338 e. The number of rotatable bonds is 10. The maximum atomic E-state index is 13.7. The van der Waals surface area contributed by atoms with Crippen LogP contribution in [0.4, 0.5) is 27.9 Å². The molecule has 3 aromatic carbocycles. The van der Waals surface area contributed by atoms with Crippen LogP contribution < -0.4 is 35.8 Å². The molecule has 0 radical (unpaired) electrons. The number of H-pyrrole nitrogens is 1. The minimum absolute atomic E-state index is 0.0241. The summed E-state index contributed by atoms with van der Waals surface area (Å²) in [6.45, 7) is 0. The van der Waals surface area contributed by atoms with E-state index >= 15 is 0 Å². The Balaban J connectivity index is 1.33. The molecule has 6 rings (SSSR count). The van der Waals surface area contributed by atoms with Crippen molar-refractivity contribution in [2.45, 2.75) is 4.90 Å².